The first-order valence-corrected chi connectivity index (χ1v) is 5.48. The van der Waals surface area contributed by atoms with E-state index in [2.05, 4.69) is 10.3 Å². The number of nitrogens with zero attached hydrogens (tertiary/aromatic N) is 1. The molecule has 0 atom stereocenters. The van der Waals surface area contributed by atoms with Crippen molar-refractivity contribution < 1.29 is 9.90 Å². The van der Waals surface area contributed by atoms with Gasteiger partial charge in [0, 0.05) is 17.7 Å². The molecule has 0 unspecified atom stereocenters. The van der Waals surface area contributed by atoms with E-state index in [9.17, 15) is 4.79 Å². The molecule has 0 aliphatic heterocycles. The molecular formula is C12H16N2O2. The Bertz CT molecular complexity index is 400. The summed E-state index contributed by atoms with van der Waals surface area (Å²) in [5, 5.41) is 11.9. The van der Waals surface area contributed by atoms with E-state index >= 15 is 0 Å². The molecular weight excluding hydrogens is 204 g/mol. The number of pyridine rings is 1. The summed E-state index contributed by atoms with van der Waals surface area (Å²) in [7, 11) is 0. The molecule has 1 aromatic rings. The number of aliphatic hydroxyl groups excluding tert-OH is 1. The Kier molecular flexibility index (Phi) is 2.92. The van der Waals surface area contributed by atoms with E-state index in [0.717, 1.165) is 18.5 Å². The van der Waals surface area contributed by atoms with Crippen LogP contribution in [0.1, 0.15) is 29.0 Å². The Morgan fingerprint density at radius 2 is 2.31 bits per heavy atom. The van der Waals surface area contributed by atoms with Crippen LogP contribution < -0.4 is 5.32 Å². The van der Waals surface area contributed by atoms with E-state index in [1.165, 1.54) is 0 Å². The van der Waals surface area contributed by atoms with Gasteiger partial charge >= 0.3 is 0 Å². The highest BCUT2D eigenvalue weighted by Crippen LogP contribution is 2.44. The van der Waals surface area contributed by atoms with Gasteiger partial charge in [-0.2, -0.15) is 0 Å². The van der Waals surface area contributed by atoms with Crippen LogP contribution in [0.25, 0.3) is 0 Å². The summed E-state index contributed by atoms with van der Waals surface area (Å²) in [5.74, 6) is -0.163. The lowest BCUT2D eigenvalue weighted by molar-refractivity contribution is 0.0930. The summed E-state index contributed by atoms with van der Waals surface area (Å²) in [5.41, 5.74) is 1.21. The van der Waals surface area contributed by atoms with E-state index in [4.69, 9.17) is 5.11 Å². The third kappa shape index (κ3) is 2.39. The standard InChI is InChI=1S/C12H16N2O2/c1-9-3-2-4-10(14-9)11(16)13-7-12(8-15)5-6-12/h2-4,15H,5-8H2,1H3,(H,13,16). The minimum atomic E-state index is -0.163. The first kappa shape index (κ1) is 11.1. The maximum Gasteiger partial charge on any atom is 0.269 e. The fourth-order valence-electron chi connectivity index (χ4n) is 1.60. The number of aryl methyl sites for hydroxylation is 1. The van der Waals surface area contributed by atoms with Crippen molar-refractivity contribution in [3.63, 3.8) is 0 Å². The second kappa shape index (κ2) is 4.22. The predicted octanol–water partition coefficient (Wildman–Crippen LogP) is 0.892. The van der Waals surface area contributed by atoms with Gasteiger partial charge in [0.1, 0.15) is 5.69 Å². The van der Waals surface area contributed by atoms with Gasteiger partial charge in [-0.1, -0.05) is 6.07 Å². The van der Waals surface area contributed by atoms with Crippen molar-refractivity contribution in [2.75, 3.05) is 13.2 Å². The lowest BCUT2D eigenvalue weighted by Gasteiger charge is -2.12. The van der Waals surface area contributed by atoms with Gasteiger partial charge in [0.25, 0.3) is 5.91 Å². The zero-order valence-electron chi connectivity index (χ0n) is 9.36. The van der Waals surface area contributed by atoms with E-state index < -0.39 is 0 Å². The number of hydrogen-bond donors (Lipinski definition) is 2. The van der Waals surface area contributed by atoms with Gasteiger partial charge in [-0.15, -0.1) is 0 Å². The fourth-order valence-corrected chi connectivity index (χ4v) is 1.60. The number of rotatable bonds is 4. The van der Waals surface area contributed by atoms with Crippen LogP contribution in [0.4, 0.5) is 0 Å². The third-order valence-corrected chi connectivity index (χ3v) is 3.04. The van der Waals surface area contributed by atoms with Crippen LogP contribution in [0.3, 0.4) is 0 Å². The molecule has 4 heteroatoms. The largest absolute Gasteiger partial charge is 0.396 e. The van der Waals surface area contributed by atoms with Crippen LogP contribution in [0.15, 0.2) is 18.2 Å². The molecule has 86 valence electrons. The molecule has 0 spiro atoms. The number of carbonyl (C=O) groups excluding carboxylic acids is 1. The molecule has 1 aliphatic carbocycles. The van der Waals surface area contributed by atoms with Crippen molar-refractivity contribution in [3.05, 3.63) is 29.6 Å². The van der Waals surface area contributed by atoms with Crippen LogP contribution in [-0.2, 0) is 0 Å². The van der Waals surface area contributed by atoms with E-state index in [-0.39, 0.29) is 17.9 Å². The maximum absolute atomic E-state index is 11.7. The van der Waals surface area contributed by atoms with Crippen molar-refractivity contribution in [3.8, 4) is 0 Å². The van der Waals surface area contributed by atoms with Gasteiger partial charge in [-0.25, -0.2) is 4.98 Å². The Morgan fingerprint density at radius 3 is 2.88 bits per heavy atom. The van der Waals surface area contributed by atoms with Crippen molar-refractivity contribution >= 4 is 5.91 Å². The Labute approximate surface area is 94.7 Å². The van der Waals surface area contributed by atoms with E-state index in [1.54, 1.807) is 6.07 Å². The van der Waals surface area contributed by atoms with Gasteiger partial charge in [0.2, 0.25) is 0 Å². The number of aromatic nitrogens is 1. The minimum absolute atomic E-state index is 0.0561. The fraction of sp³-hybridized carbons (Fsp3) is 0.500. The lowest BCUT2D eigenvalue weighted by atomic mass is 10.1. The minimum Gasteiger partial charge on any atom is -0.396 e. The monoisotopic (exact) mass is 220 g/mol. The molecule has 0 aromatic carbocycles. The van der Waals surface area contributed by atoms with Gasteiger partial charge in [-0.05, 0) is 31.9 Å². The molecule has 2 rings (SSSR count). The molecule has 0 radical (unpaired) electrons. The Balaban J connectivity index is 1.93. The maximum atomic E-state index is 11.7. The molecule has 1 amide bonds. The summed E-state index contributed by atoms with van der Waals surface area (Å²) < 4.78 is 0. The molecule has 1 aliphatic rings. The van der Waals surface area contributed by atoms with Crippen LogP contribution in [0, 0.1) is 12.3 Å². The molecule has 0 saturated heterocycles. The van der Waals surface area contributed by atoms with Crippen molar-refractivity contribution in [2.45, 2.75) is 19.8 Å². The molecule has 16 heavy (non-hydrogen) atoms. The highest BCUT2D eigenvalue weighted by Gasteiger charge is 2.42. The van der Waals surface area contributed by atoms with E-state index in [1.807, 2.05) is 19.1 Å². The number of aliphatic hydroxyl groups is 1. The van der Waals surface area contributed by atoms with Crippen molar-refractivity contribution in [1.82, 2.24) is 10.3 Å². The molecule has 1 aromatic heterocycles. The normalized spacial score (nSPS) is 16.9. The molecule has 2 N–H and O–H groups in total. The predicted molar refractivity (Wildman–Crippen MR) is 60.1 cm³/mol. The number of amides is 1. The highest BCUT2D eigenvalue weighted by molar-refractivity contribution is 5.92. The topological polar surface area (TPSA) is 62.2 Å². The van der Waals surface area contributed by atoms with Crippen LogP contribution in [0.5, 0.6) is 0 Å². The van der Waals surface area contributed by atoms with Crippen molar-refractivity contribution in [2.24, 2.45) is 5.41 Å². The second-order valence-corrected chi connectivity index (χ2v) is 4.51. The number of hydrogen-bond acceptors (Lipinski definition) is 3. The average Bonchev–Trinajstić information content (AvgIpc) is 3.07. The third-order valence-electron chi connectivity index (χ3n) is 3.04. The lowest BCUT2D eigenvalue weighted by Crippen LogP contribution is -2.32. The first-order valence-electron chi connectivity index (χ1n) is 5.48. The van der Waals surface area contributed by atoms with Crippen molar-refractivity contribution in [1.29, 1.82) is 0 Å². The molecule has 4 nitrogen and oxygen atoms in total. The molecule has 1 fully saturated rings. The summed E-state index contributed by atoms with van der Waals surface area (Å²) in [6, 6.07) is 5.36. The molecule has 0 bridgehead atoms. The smallest absolute Gasteiger partial charge is 0.269 e. The summed E-state index contributed by atoms with van der Waals surface area (Å²) in [6.45, 7) is 2.54. The molecule has 1 saturated carbocycles. The zero-order valence-corrected chi connectivity index (χ0v) is 9.36. The average molecular weight is 220 g/mol. The Morgan fingerprint density at radius 1 is 1.56 bits per heavy atom. The number of carbonyl (C=O) groups is 1. The summed E-state index contributed by atoms with van der Waals surface area (Å²) in [4.78, 5) is 15.9. The van der Waals surface area contributed by atoms with E-state index in [0.29, 0.717) is 12.2 Å². The van der Waals surface area contributed by atoms with Gasteiger partial charge in [0.05, 0.1) is 6.61 Å². The SMILES string of the molecule is Cc1cccc(C(=O)NCC2(CO)CC2)n1. The Hall–Kier alpha value is -1.42. The van der Waals surface area contributed by atoms with Crippen LogP contribution in [-0.4, -0.2) is 29.1 Å². The second-order valence-electron chi connectivity index (χ2n) is 4.51. The molecule has 1 heterocycles. The first-order chi connectivity index (χ1) is 7.65. The quantitative estimate of drug-likeness (QED) is 0.792. The van der Waals surface area contributed by atoms with Crippen LogP contribution in [0.2, 0.25) is 0 Å². The van der Waals surface area contributed by atoms with Gasteiger partial charge in [0.15, 0.2) is 0 Å². The zero-order chi connectivity index (χ0) is 11.6. The summed E-state index contributed by atoms with van der Waals surface area (Å²) >= 11 is 0. The summed E-state index contributed by atoms with van der Waals surface area (Å²) in [6.07, 6.45) is 1.98. The number of nitrogens with one attached hydrogen (secondary N) is 1. The van der Waals surface area contributed by atoms with Gasteiger partial charge < -0.3 is 10.4 Å². The highest BCUT2D eigenvalue weighted by atomic mass is 16.3. The van der Waals surface area contributed by atoms with Gasteiger partial charge in [-0.3, -0.25) is 4.79 Å². The van der Waals surface area contributed by atoms with Crippen LogP contribution >= 0.6 is 0 Å².